The number of carbonyl (C=O) groups excluding carboxylic acids is 1. The van der Waals surface area contributed by atoms with Gasteiger partial charge in [-0.25, -0.2) is 13.1 Å². The summed E-state index contributed by atoms with van der Waals surface area (Å²) in [6.07, 6.45) is 0.0876. The summed E-state index contributed by atoms with van der Waals surface area (Å²) in [5, 5.41) is 2.72. The van der Waals surface area contributed by atoms with Crippen LogP contribution >= 0.6 is 23.2 Å². The van der Waals surface area contributed by atoms with Gasteiger partial charge in [-0.2, -0.15) is 0 Å². The fourth-order valence-electron chi connectivity index (χ4n) is 1.83. The molecular weight excluding hydrogens is 313 g/mol. The number of sulfonamides is 1. The van der Waals surface area contributed by atoms with E-state index in [4.69, 9.17) is 28.9 Å². The minimum absolute atomic E-state index is 0.0396. The first-order valence-electron chi connectivity index (χ1n) is 5.33. The molecule has 1 atom stereocenters. The van der Waals surface area contributed by atoms with Crippen molar-refractivity contribution in [3.63, 3.8) is 0 Å². The van der Waals surface area contributed by atoms with Crippen molar-refractivity contribution in [2.75, 3.05) is 12.3 Å². The number of amides is 1. The lowest BCUT2D eigenvalue weighted by molar-refractivity contribution is -0.119. The molecule has 1 heterocycles. The fraction of sp³-hybridized carbons (Fsp3) is 0.300. The number of anilines is 1. The second-order valence-electron chi connectivity index (χ2n) is 4.13. The van der Waals surface area contributed by atoms with Crippen LogP contribution in [0, 0.1) is 0 Å². The Morgan fingerprint density at radius 2 is 2.05 bits per heavy atom. The predicted molar refractivity (Wildman–Crippen MR) is 72.6 cm³/mol. The third-order valence-corrected chi connectivity index (χ3v) is 4.87. The van der Waals surface area contributed by atoms with Gasteiger partial charge in [0.25, 0.3) is 0 Å². The standard InChI is InChI=1S/C10H11Cl2N3O3S/c11-5-1-7(12)10(8(13)2-5)19(17,18)15-6-3-9(16)14-4-6/h1-2,6,15H,3-4,13H2,(H,14,16). The molecule has 4 N–H and O–H groups in total. The smallest absolute Gasteiger partial charge is 0.244 e. The number of nitrogens with two attached hydrogens (primary N) is 1. The van der Waals surface area contributed by atoms with Gasteiger partial charge in [0.2, 0.25) is 15.9 Å². The Kier molecular flexibility index (Phi) is 3.91. The summed E-state index contributed by atoms with van der Waals surface area (Å²) >= 11 is 11.6. The van der Waals surface area contributed by atoms with E-state index in [-0.39, 0.29) is 39.5 Å². The zero-order chi connectivity index (χ0) is 14.2. The van der Waals surface area contributed by atoms with Crippen molar-refractivity contribution in [3.05, 3.63) is 22.2 Å². The van der Waals surface area contributed by atoms with Crippen molar-refractivity contribution in [1.82, 2.24) is 10.0 Å². The molecule has 1 unspecified atom stereocenters. The second-order valence-corrected chi connectivity index (χ2v) is 6.63. The number of rotatable bonds is 3. The third kappa shape index (κ3) is 3.11. The summed E-state index contributed by atoms with van der Waals surface area (Å²) in [6.45, 7) is 0.239. The molecule has 0 radical (unpaired) electrons. The van der Waals surface area contributed by atoms with Crippen molar-refractivity contribution in [2.24, 2.45) is 0 Å². The van der Waals surface area contributed by atoms with Gasteiger partial charge in [0.15, 0.2) is 0 Å². The summed E-state index contributed by atoms with van der Waals surface area (Å²) in [5.74, 6) is -0.206. The number of benzene rings is 1. The highest BCUT2D eigenvalue weighted by Crippen LogP contribution is 2.31. The lowest BCUT2D eigenvalue weighted by Gasteiger charge is -2.14. The molecule has 104 valence electrons. The molecule has 1 aliphatic heterocycles. The van der Waals surface area contributed by atoms with E-state index in [0.717, 1.165) is 0 Å². The highest BCUT2D eigenvalue weighted by Gasteiger charge is 2.29. The van der Waals surface area contributed by atoms with Crippen molar-refractivity contribution < 1.29 is 13.2 Å². The first-order valence-corrected chi connectivity index (χ1v) is 7.57. The average molecular weight is 324 g/mol. The Hall–Kier alpha value is -1.02. The second kappa shape index (κ2) is 5.16. The molecule has 1 fully saturated rings. The van der Waals surface area contributed by atoms with Crippen LogP contribution in [-0.2, 0) is 14.8 Å². The van der Waals surface area contributed by atoms with E-state index in [9.17, 15) is 13.2 Å². The Balaban J connectivity index is 2.32. The lowest BCUT2D eigenvalue weighted by Crippen LogP contribution is -2.36. The first kappa shape index (κ1) is 14.4. The zero-order valence-electron chi connectivity index (χ0n) is 9.61. The maximum Gasteiger partial charge on any atom is 0.244 e. The molecule has 1 aliphatic rings. The number of hydrogen-bond acceptors (Lipinski definition) is 4. The van der Waals surface area contributed by atoms with Crippen LogP contribution in [0.5, 0.6) is 0 Å². The van der Waals surface area contributed by atoms with Gasteiger partial charge in [0.1, 0.15) is 4.90 Å². The van der Waals surface area contributed by atoms with E-state index in [1.54, 1.807) is 0 Å². The van der Waals surface area contributed by atoms with Crippen LogP contribution in [0.3, 0.4) is 0 Å². The molecule has 0 bridgehead atoms. The Morgan fingerprint density at radius 1 is 1.37 bits per heavy atom. The summed E-state index contributed by atoms with van der Waals surface area (Å²) in [4.78, 5) is 10.8. The zero-order valence-corrected chi connectivity index (χ0v) is 11.9. The number of nitrogens with one attached hydrogen (secondary N) is 2. The van der Waals surface area contributed by atoms with Crippen molar-refractivity contribution >= 4 is 44.8 Å². The van der Waals surface area contributed by atoms with Gasteiger partial charge >= 0.3 is 0 Å². The monoisotopic (exact) mass is 323 g/mol. The highest BCUT2D eigenvalue weighted by molar-refractivity contribution is 7.89. The average Bonchev–Trinajstić information content (AvgIpc) is 2.60. The topological polar surface area (TPSA) is 101 Å². The summed E-state index contributed by atoms with van der Waals surface area (Å²) < 4.78 is 26.8. The number of hydrogen-bond donors (Lipinski definition) is 3. The van der Waals surface area contributed by atoms with E-state index in [1.807, 2.05) is 0 Å². The van der Waals surface area contributed by atoms with Crippen LogP contribution in [0.25, 0.3) is 0 Å². The maximum atomic E-state index is 12.2. The van der Waals surface area contributed by atoms with Crippen LogP contribution in [0.1, 0.15) is 6.42 Å². The van der Waals surface area contributed by atoms with Crippen molar-refractivity contribution in [2.45, 2.75) is 17.4 Å². The van der Waals surface area contributed by atoms with Crippen LogP contribution in [0.4, 0.5) is 5.69 Å². The fourth-order valence-corrected chi connectivity index (χ4v) is 4.05. The van der Waals surface area contributed by atoms with Crippen molar-refractivity contribution in [3.8, 4) is 0 Å². The minimum atomic E-state index is -3.90. The molecule has 0 spiro atoms. The van der Waals surface area contributed by atoms with E-state index in [1.165, 1.54) is 12.1 Å². The largest absolute Gasteiger partial charge is 0.398 e. The molecule has 0 aliphatic carbocycles. The molecule has 6 nitrogen and oxygen atoms in total. The normalized spacial score (nSPS) is 19.5. The van der Waals surface area contributed by atoms with Gasteiger partial charge in [-0.3, -0.25) is 4.79 Å². The van der Waals surface area contributed by atoms with E-state index in [0.29, 0.717) is 0 Å². The first-order chi connectivity index (χ1) is 8.79. The van der Waals surface area contributed by atoms with Gasteiger partial charge in [-0.15, -0.1) is 0 Å². The molecule has 19 heavy (non-hydrogen) atoms. The molecule has 2 rings (SSSR count). The minimum Gasteiger partial charge on any atom is -0.398 e. The van der Waals surface area contributed by atoms with Gasteiger partial charge < -0.3 is 11.1 Å². The van der Waals surface area contributed by atoms with E-state index >= 15 is 0 Å². The van der Waals surface area contributed by atoms with E-state index < -0.39 is 16.1 Å². The van der Waals surface area contributed by atoms with Crippen molar-refractivity contribution in [1.29, 1.82) is 0 Å². The molecule has 1 saturated heterocycles. The summed E-state index contributed by atoms with van der Waals surface area (Å²) in [5.41, 5.74) is 5.60. The highest BCUT2D eigenvalue weighted by atomic mass is 35.5. The molecule has 1 aromatic carbocycles. The van der Waals surface area contributed by atoms with Gasteiger partial charge in [0, 0.05) is 24.0 Å². The molecule has 0 aromatic heterocycles. The molecule has 1 amide bonds. The number of halogens is 2. The molecule has 0 saturated carbocycles. The molecule has 9 heteroatoms. The van der Waals surface area contributed by atoms with Gasteiger partial charge in [0.05, 0.1) is 10.7 Å². The van der Waals surface area contributed by atoms with Crippen LogP contribution in [-0.4, -0.2) is 26.9 Å². The maximum absolute atomic E-state index is 12.2. The molecular formula is C10H11Cl2N3O3S. The van der Waals surface area contributed by atoms with Crippen LogP contribution < -0.4 is 15.8 Å². The Morgan fingerprint density at radius 3 is 2.58 bits per heavy atom. The third-order valence-electron chi connectivity index (χ3n) is 2.61. The Labute approximate surface area is 120 Å². The predicted octanol–water partition coefficient (Wildman–Crippen LogP) is 0.742. The number of nitrogen functional groups attached to an aromatic ring is 1. The summed E-state index contributed by atoms with van der Waals surface area (Å²) in [7, 11) is -3.90. The van der Waals surface area contributed by atoms with Gasteiger partial charge in [-0.1, -0.05) is 23.2 Å². The van der Waals surface area contributed by atoms with Crippen LogP contribution in [0.2, 0.25) is 10.0 Å². The number of carbonyl (C=O) groups is 1. The Bertz CT molecular complexity index is 610. The van der Waals surface area contributed by atoms with E-state index in [2.05, 4.69) is 10.0 Å². The lowest BCUT2D eigenvalue weighted by atomic mass is 10.3. The SMILES string of the molecule is Nc1cc(Cl)cc(Cl)c1S(=O)(=O)NC1CNC(=O)C1. The van der Waals surface area contributed by atoms with Gasteiger partial charge in [-0.05, 0) is 12.1 Å². The summed E-state index contributed by atoms with van der Waals surface area (Å²) in [6, 6.07) is 2.09. The van der Waals surface area contributed by atoms with Crippen LogP contribution in [0.15, 0.2) is 17.0 Å². The quantitative estimate of drug-likeness (QED) is 0.714. The molecule has 1 aromatic rings.